The van der Waals surface area contributed by atoms with Crippen LogP contribution in [0.25, 0.3) is 0 Å². The summed E-state index contributed by atoms with van der Waals surface area (Å²) < 4.78 is 16.1. The lowest BCUT2D eigenvalue weighted by molar-refractivity contribution is 0.0258. The third-order valence-electron chi connectivity index (χ3n) is 4.35. The molecule has 1 N–H and O–H groups in total. The van der Waals surface area contributed by atoms with E-state index >= 15 is 0 Å². The van der Waals surface area contributed by atoms with Crippen LogP contribution in [0.2, 0.25) is 0 Å². The van der Waals surface area contributed by atoms with Gasteiger partial charge >= 0.3 is 6.16 Å². The third kappa shape index (κ3) is 4.28. The van der Waals surface area contributed by atoms with Crippen LogP contribution in [0.1, 0.15) is 47.0 Å². The van der Waals surface area contributed by atoms with E-state index in [-0.39, 0.29) is 12.4 Å². The minimum Gasteiger partial charge on any atom is -0.488 e. The molecule has 0 fully saturated rings. The third-order valence-corrected chi connectivity index (χ3v) is 4.35. The zero-order valence-electron chi connectivity index (χ0n) is 15.5. The van der Waals surface area contributed by atoms with Crippen molar-refractivity contribution in [2.45, 2.75) is 26.6 Å². The molecule has 0 aliphatic carbocycles. The van der Waals surface area contributed by atoms with Gasteiger partial charge in [0.05, 0.1) is 12.2 Å². The van der Waals surface area contributed by atoms with Gasteiger partial charge in [0.2, 0.25) is 0 Å². The second-order valence-corrected chi connectivity index (χ2v) is 6.13. The number of ketones is 1. The molecular formula is C21H23NO5. The molecule has 0 saturated heterocycles. The molecular weight excluding hydrogens is 346 g/mol. The number of carbonyl (C=O) groups excluding carboxylic acids is 2. The zero-order valence-corrected chi connectivity index (χ0v) is 15.5. The van der Waals surface area contributed by atoms with Crippen LogP contribution in [0.4, 0.5) is 4.79 Å². The summed E-state index contributed by atoms with van der Waals surface area (Å²) in [6.07, 6.45) is -1.30. The summed E-state index contributed by atoms with van der Waals surface area (Å²) in [4.78, 5) is 24.8. The van der Waals surface area contributed by atoms with Crippen molar-refractivity contribution < 1.29 is 23.8 Å². The van der Waals surface area contributed by atoms with Crippen molar-refractivity contribution in [2.75, 3.05) is 19.7 Å². The molecule has 1 atom stereocenters. The Morgan fingerprint density at radius 3 is 2.78 bits per heavy atom. The van der Waals surface area contributed by atoms with Crippen LogP contribution in [-0.4, -0.2) is 31.6 Å². The normalized spacial score (nSPS) is 13.6. The Kier molecular flexibility index (Phi) is 6.08. The molecule has 1 aliphatic heterocycles. The number of fused-ring (bicyclic) bond motifs is 2. The summed E-state index contributed by atoms with van der Waals surface area (Å²) in [7, 11) is 0. The Hall–Kier alpha value is -2.86. The van der Waals surface area contributed by atoms with E-state index in [1.165, 1.54) is 0 Å². The van der Waals surface area contributed by atoms with Crippen LogP contribution < -0.4 is 10.1 Å². The second-order valence-electron chi connectivity index (χ2n) is 6.13. The molecule has 142 valence electrons. The van der Waals surface area contributed by atoms with Crippen molar-refractivity contribution in [2.24, 2.45) is 0 Å². The first-order chi connectivity index (χ1) is 13.1. The van der Waals surface area contributed by atoms with Gasteiger partial charge in [-0.2, -0.15) is 0 Å². The molecule has 0 amide bonds. The largest absolute Gasteiger partial charge is 0.508 e. The molecule has 1 aliphatic rings. The molecule has 1 heterocycles. The van der Waals surface area contributed by atoms with Crippen molar-refractivity contribution in [3.63, 3.8) is 0 Å². The zero-order chi connectivity index (χ0) is 19.2. The van der Waals surface area contributed by atoms with Crippen LogP contribution in [-0.2, 0) is 16.1 Å². The fourth-order valence-corrected chi connectivity index (χ4v) is 2.99. The van der Waals surface area contributed by atoms with Crippen molar-refractivity contribution in [3.05, 3.63) is 64.7 Å². The van der Waals surface area contributed by atoms with Gasteiger partial charge in [0.1, 0.15) is 18.5 Å². The highest BCUT2D eigenvalue weighted by Gasteiger charge is 2.25. The Labute approximate surface area is 158 Å². The first-order valence-electron chi connectivity index (χ1n) is 9.07. The molecule has 1 unspecified atom stereocenters. The molecule has 27 heavy (non-hydrogen) atoms. The quantitative estimate of drug-likeness (QED) is 0.784. The van der Waals surface area contributed by atoms with E-state index in [0.717, 1.165) is 12.1 Å². The van der Waals surface area contributed by atoms with Crippen LogP contribution in [0.5, 0.6) is 5.75 Å². The number of rotatable bonds is 6. The van der Waals surface area contributed by atoms with Crippen LogP contribution >= 0.6 is 0 Å². The van der Waals surface area contributed by atoms with Crippen LogP contribution in [0.15, 0.2) is 42.5 Å². The minimum absolute atomic E-state index is 0.0988. The second kappa shape index (κ2) is 8.68. The molecule has 2 aromatic carbocycles. The summed E-state index contributed by atoms with van der Waals surface area (Å²) >= 11 is 0. The number of likely N-dealkylation sites (N-methyl/N-ethyl adjacent to an activating group) is 1. The molecule has 0 saturated carbocycles. The van der Waals surface area contributed by atoms with E-state index in [2.05, 4.69) is 5.32 Å². The standard InChI is InChI=1S/C21H23NO5/c1-3-22-12-19(27-21(24)25-4-2)14-9-10-18-17(11-14)20(23)16-8-6-5-7-15(16)13-26-18/h5-11,19,22H,3-4,12-13H2,1-2H3. The number of nitrogens with one attached hydrogen (secondary N) is 1. The topological polar surface area (TPSA) is 73.9 Å². The monoisotopic (exact) mass is 369 g/mol. The predicted molar refractivity (Wildman–Crippen MR) is 100 cm³/mol. The number of ether oxygens (including phenoxy) is 3. The fourth-order valence-electron chi connectivity index (χ4n) is 2.99. The number of hydrogen-bond donors (Lipinski definition) is 1. The van der Waals surface area contributed by atoms with Gasteiger partial charge in [-0.15, -0.1) is 0 Å². The van der Waals surface area contributed by atoms with E-state index in [9.17, 15) is 9.59 Å². The maximum absolute atomic E-state index is 13.0. The van der Waals surface area contributed by atoms with Gasteiger partial charge in [0.25, 0.3) is 0 Å². The summed E-state index contributed by atoms with van der Waals surface area (Å²) in [5, 5.41) is 3.16. The Morgan fingerprint density at radius 1 is 1.19 bits per heavy atom. The number of carbonyl (C=O) groups is 2. The number of benzene rings is 2. The first kappa shape index (κ1) is 18.9. The Bertz CT molecular complexity index is 833. The maximum Gasteiger partial charge on any atom is 0.508 e. The lowest BCUT2D eigenvalue weighted by Crippen LogP contribution is -2.25. The van der Waals surface area contributed by atoms with Crippen LogP contribution in [0, 0.1) is 0 Å². The molecule has 2 aromatic rings. The van der Waals surface area contributed by atoms with Gasteiger partial charge in [-0.25, -0.2) is 4.79 Å². The van der Waals surface area contributed by atoms with E-state index in [1.807, 2.05) is 31.2 Å². The first-order valence-corrected chi connectivity index (χ1v) is 9.07. The molecule has 0 spiro atoms. The van der Waals surface area contributed by atoms with Crippen molar-refractivity contribution in [3.8, 4) is 5.75 Å². The average molecular weight is 369 g/mol. The van der Waals surface area contributed by atoms with Crippen molar-refractivity contribution in [1.29, 1.82) is 0 Å². The van der Waals surface area contributed by atoms with E-state index in [4.69, 9.17) is 14.2 Å². The van der Waals surface area contributed by atoms with E-state index in [1.54, 1.807) is 25.1 Å². The summed E-state index contributed by atoms with van der Waals surface area (Å²) in [6, 6.07) is 12.7. The van der Waals surface area contributed by atoms with Crippen molar-refractivity contribution in [1.82, 2.24) is 5.32 Å². The lowest BCUT2D eigenvalue weighted by Gasteiger charge is -2.19. The fraction of sp³-hybridized carbons (Fsp3) is 0.333. The Balaban J connectivity index is 1.93. The average Bonchev–Trinajstić information content (AvgIpc) is 2.82. The highest BCUT2D eigenvalue weighted by atomic mass is 16.7. The predicted octanol–water partition coefficient (Wildman–Crippen LogP) is 3.63. The SMILES string of the molecule is CCNCC(OC(=O)OCC)c1ccc2c(c1)C(=O)c1ccccc1CO2. The minimum atomic E-state index is -0.733. The smallest absolute Gasteiger partial charge is 0.488 e. The highest BCUT2D eigenvalue weighted by molar-refractivity contribution is 6.12. The molecule has 6 heteroatoms. The van der Waals surface area contributed by atoms with Gasteiger partial charge in [-0.05, 0) is 31.2 Å². The lowest BCUT2D eigenvalue weighted by atomic mass is 9.96. The van der Waals surface area contributed by atoms with Crippen LogP contribution in [0.3, 0.4) is 0 Å². The van der Waals surface area contributed by atoms with Gasteiger partial charge < -0.3 is 19.5 Å². The summed E-state index contributed by atoms with van der Waals surface area (Å²) in [5.74, 6) is 0.427. The molecule has 6 nitrogen and oxygen atoms in total. The van der Waals surface area contributed by atoms with Gasteiger partial charge in [-0.3, -0.25) is 4.79 Å². The molecule has 0 aromatic heterocycles. The molecule has 0 bridgehead atoms. The summed E-state index contributed by atoms with van der Waals surface area (Å²) in [6.45, 7) is 5.40. The van der Waals surface area contributed by atoms with Gasteiger partial charge in [0, 0.05) is 17.7 Å². The molecule has 3 rings (SSSR count). The highest BCUT2D eigenvalue weighted by Crippen LogP contribution is 2.31. The maximum atomic E-state index is 13.0. The molecule has 0 radical (unpaired) electrons. The van der Waals surface area contributed by atoms with Crippen molar-refractivity contribution >= 4 is 11.9 Å². The van der Waals surface area contributed by atoms with E-state index < -0.39 is 12.3 Å². The van der Waals surface area contributed by atoms with Gasteiger partial charge in [0.15, 0.2) is 5.78 Å². The van der Waals surface area contributed by atoms with Gasteiger partial charge in [-0.1, -0.05) is 37.3 Å². The summed E-state index contributed by atoms with van der Waals surface area (Å²) in [5.41, 5.74) is 2.65. The Morgan fingerprint density at radius 2 is 2.00 bits per heavy atom. The van der Waals surface area contributed by atoms with E-state index in [0.29, 0.717) is 35.6 Å². The number of hydrogen-bond acceptors (Lipinski definition) is 6.